The second-order valence-electron chi connectivity index (χ2n) is 3.78. The molecule has 90 valence electrons. The third-order valence-electron chi connectivity index (χ3n) is 2.51. The zero-order chi connectivity index (χ0) is 12.8. The molecule has 0 unspecified atom stereocenters. The van der Waals surface area contributed by atoms with Crippen LogP contribution in [0.1, 0.15) is 11.1 Å². The Labute approximate surface area is 105 Å². The number of rotatable bonds is 4. The molecule has 18 heavy (non-hydrogen) atoms. The van der Waals surface area contributed by atoms with Gasteiger partial charge >= 0.3 is 0 Å². The molecule has 1 aromatic carbocycles. The number of aromatic nitrogens is 1. The fourth-order valence-corrected chi connectivity index (χ4v) is 1.64. The van der Waals surface area contributed by atoms with Crippen LogP contribution in [0, 0.1) is 10.1 Å². The molecule has 0 N–H and O–H groups in total. The van der Waals surface area contributed by atoms with Crippen molar-refractivity contribution in [3.05, 3.63) is 76.1 Å². The quantitative estimate of drug-likeness (QED) is 0.609. The topological polar surface area (TPSA) is 56.0 Å². The Morgan fingerprint density at radius 2 is 2.06 bits per heavy atom. The Bertz CT molecular complexity index is 565. The molecule has 0 spiro atoms. The highest BCUT2D eigenvalue weighted by Gasteiger charge is 2.08. The minimum absolute atomic E-state index is 0.125. The standard InChI is InChI=1S/C14H12N2O2/c17-16(18)14-9-2-1-7-13(14)8-3-5-12-6-4-10-15-11-12/h1-4,6-11H,5H2/b8-3+. The summed E-state index contributed by atoms with van der Waals surface area (Å²) >= 11 is 0. The summed E-state index contributed by atoms with van der Waals surface area (Å²) in [7, 11) is 0. The SMILES string of the molecule is O=[N+]([O-])c1ccccc1/C=C/Cc1cccnc1. The molecule has 0 atom stereocenters. The number of pyridine rings is 1. The molecular formula is C14H12N2O2. The van der Waals surface area contributed by atoms with Crippen molar-refractivity contribution in [3.8, 4) is 0 Å². The van der Waals surface area contributed by atoms with Gasteiger partial charge in [0.25, 0.3) is 5.69 Å². The van der Waals surface area contributed by atoms with Crippen LogP contribution in [0.2, 0.25) is 0 Å². The van der Waals surface area contributed by atoms with Crippen LogP contribution in [-0.4, -0.2) is 9.91 Å². The predicted molar refractivity (Wildman–Crippen MR) is 70.1 cm³/mol. The van der Waals surface area contributed by atoms with Crippen molar-refractivity contribution in [2.75, 3.05) is 0 Å². The average Bonchev–Trinajstić information content (AvgIpc) is 2.40. The summed E-state index contributed by atoms with van der Waals surface area (Å²) in [5.74, 6) is 0. The van der Waals surface area contributed by atoms with E-state index in [0.717, 1.165) is 5.56 Å². The third kappa shape index (κ3) is 3.01. The van der Waals surface area contributed by atoms with Gasteiger partial charge in [0, 0.05) is 18.5 Å². The molecule has 0 aliphatic carbocycles. The van der Waals surface area contributed by atoms with Crippen molar-refractivity contribution in [2.24, 2.45) is 0 Å². The molecule has 1 heterocycles. The summed E-state index contributed by atoms with van der Waals surface area (Å²) in [6, 6.07) is 10.5. The van der Waals surface area contributed by atoms with E-state index in [1.165, 1.54) is 6.07 Å². The number of allylic oxidation sites excluding steroid dienone is 1. The molecule has 0 saturated carbocycles. The highest BCUT2D eigenvalue weighted by Crippen LogP contribution is 2.19. The van der Waals surface area contributed by atoms with Crippen LogP contribution in [0.4, 0.5) is 5.69 Å². The first-order valence-electron chi connectivity index (χ1n) is 5.56. The van der Waals surface area contributed by atoms with Crippen LogP contribution in [0.3, 0.4) is 0 Å². The van der Waals surface area contributed by atoms with Gasteiger partial charge in [0.05, 0.1) is 10.5 Å². The Morgan fingerprint density at radius 3 is 2.78 bits per heavy atom. The molecule has 2 aromatic rings. The maximum Gasteiger partial charge on any atom is 0.276 e. The molecule has 1 aromatic heterocycles. The lowest BCUT2D eigenvalue weighted by Gasteiger charge is -1.97. The summed E-state index contributed by atoms with van der Waals surface area (Å²) in [4.78, 5) is 14.5. The highest BCUT2D eigenvalue weighted by atomic mass is 16.6. The summed E-state index contributed by atoms with van der Waals surface area (Å²) < 4.78 is 0. The van der Waals surface area contributed by atoms with Gasteiger partial charge in [-0.3, -0.25) is 15.1 Å². The van der Waals surface area contributed by atoms with Crippen LogP contribution in [0.5, 0.6) is 0 Å². The fourth-order valence-electron chi connectivity index (χ4n) is 1.64. The van der Waals surface area contributed by atoms with Crippen molar-refractivity contribution >= 4 is 11.8 Å². The lowest BCUT2D eigenvalue weighted by atomic mass is 10.1. The highest BCUT2D eigenvalue weighted by molar-refractivity contribution is 5.60. The van der Waals surface area contributed by atoms with Gasteiger partial charge in [-0.15, -0.1) is 0 Å². The van der Waals surface area contributed by atoms with Crippen LogP contribution < -0.4 is 0 Å². The molecule has 0 aliphatic rings. The van der Waals surface area contributed by atoms with Crippen LogP contribution in [0.15, 0.2) is 54.9 Å². The first-order valence-corrected chi connectivity index (χ1v) is 5.56. The van der Waals surface area contributed by atoms with Gasteiger partial charge in [0.1, 0.15) is 0 Å². The van der Waals surface area contributed by atoms with Crippen molar-refractivity contribution in [1.29, 1.82) is 0 Å². The molecular weight excluding hydrogens is 228 g/mol. The minimum atomic E-state index is -0.371. The minimum Gasteiger partial charge on any atom is -0.264 e. The average molecular weight is 240 g/mol. The summed E-state index contributed by atoms with van der Waals surface area (Å²) in [5, 5.41) is 10.8. The largest absolute Gasteiger partial charge is 0.276 e. The lowest BCUT2D eigenvalue weighted by molar-refractivity contribution is -0.385. The number of nitrogens with zero attached hydrogens (tertiary/aromatic N) is 2. The third-order valence-corrected chi connectivity index (χ3v) is 2.51. The maximum atomic E-state index is 10.8. The van der Waals surface area contributed by atoms with E-state index >= 15 is 0 Å². The van der Waals surface area contributed by atoms with Gasteiger partial charge in [0.15, 0.2) is 0 Å². The number of para-hydroxylation sites is 1. The Balaban J connectivity index is 2.12. The Kier molecular flexibility index (Phi) is 3.81. The van der Waals surface area contributed by atoms with E-state index in [0.29, 0.717) is 12.0 Å². The smallest absolute Gasteiger partial charge is 0.264 e. The summed E-state index contributed by atoms with van der Waals surface area (Å²) in [6.07, 6.45) is 7.88. The van der Waals surface area contributed by atoms with E-state index in [2.05, 4.69) is 4.98 Å². The van der Waals surface area contributed by atoms with Gasteiger partial charge in [-0.05, 0) is 24.1 Å². The Hall–Kier alpha value is -2.49. The van der Waals surface area contributed by atoms with E-state index < -0.39 is 0 Å². The first-order chi connectivity index (χ1) is 8.77. The summed E-state index contributed by atoms with van der Waals surface area (Å²) in [5.41, 5.74) is 1.82. The van der Waals surface area contributed by atoms with Crippen molar-refractivity contribution in [1.82, 2.24) is 4.98 Å². The van der Waals surface area contributed by atoms with Crippen LogP contribution >= 0.6 is 0 Å². The zero-order valence-electron chi connectivity index (χ0n) is 9.69. The molecule has 2 rings (SSSR count). The first kappa shape index (κ1) is 12.0. The molecule has 4 heteroatoms. The van der Waals surface area contributed by atoms with Gasteiger partial charge in [-0.25, -0.2) is 0 Å². The number of nitro benzene ring substituents is 1. The van der Waals surface area contributed by atoms with E-state index in [-0.39, 0.29) is 10.6 Å². The van der Waals surface area contributed by atoms with Crippen LogP contribution in [0.25, 0.3) is 6.08 Å². The van der Waals surface area contributed by atoms with E-state index in [1.54, 1.807) is 36.7 Å². The molecule has 4 nitrogen and oxygen atoms in total. The number of hydrogen-bond donors (Lipinski definition) is 0. The molecule has 0 aliphatic heterocycles. The number of nitro groups is 1. The maximum absolute atomic E-state index is 10.8. The molecule has 0 amide bonds. The monoisotopic (exact) mass is 240 g/mol. The van der Waals surface area contributed by atoms with E-state index in [1.807, 2.05) is 18.2 Å². The molecule has 0 saturated heterocycles. The van der Waals surface area contributed by atoms with Gasteiger partial charge < -0.3 is 0 Å². The Morgan fingerprint density at radius 1 is 1.22 bits per heavy atom. The van der Waals surface area contributed by atoms with E-state index in [4.69, 9.17) is 0 Å². The van der Waals surface area contributed by atoms with Crippen LogP contribution in [-0.2, 0) is 6.42 Å². The zero-order valence-corrected chi connectivity index (χ0v) is 9.69. The molecule has 0 bridgehead atoms. The number of benzene rings is 1. The van der Waals surface area contributed by atoms with Gasteiger partial charge in [-0.1, -0.05) is 30.4 Å². The van der Waals surface area contributed by atoms with Gasteiger partial charge in [-0.2, -0.15) is 0 Å². The summed E-state index contributed by atoms with van der Waals surface area (Å²) in [6.45, 7) is 0. The van der Waals surface area contributed by atoms with Gasteiger partial charge in [0.2, 0.25) is 0 Å². The van der Waals surface area contributed by atoms with Crippen molar-refractivity contribution < 1.29 is 4.92 Å². The fraction of sp³-hybridized carbons (Fsp3) is 0.0714. The molecule has 0 radical (unpaired) electrons. The lowest BCUT2D eigenvalue weighted by Crippen LogP contribution is -1.90. The predicted octanol–water partition coefficient (Wildman–Crippen LogP) is 3.25. The van der Waals surface area contributed by atoms with Crippen molar-refractivity contribution in [3.63, 3.8) is 0 Å². The second-order valence-corrected chi connectivity index (χ2v) is 3.78. The number of hydrogen-bond acceptors (Lipinski definition) is 3. The van der Waals surface area contributed by atoms with E-state index in [9.17, 15) is 10.1 Å². The van der Waals surface area contributed by atoms with Crippen molar-refractivity contribution in [2.45, 2.75) is 6.42 Å². The molecule has 0 fully saturated rings. The normalized spacial score (nSPS) is 10.7. The second kappa shape index (κ2) is 5.72.